The predicted octanol–water partition coefficient (Wildman–Crippen LogP) is 4.45. The first kappa shape index (κ1) is 19.2. The summed E-state index contributed by atoms with van der Waals surface area (Å²) in [6, 6.07) is 16.8. The minimum atomic E-state index is -0.223. The average molecular weight is 424 g/mol. The van der Waals surface area contributed by atoms with Gasteiger partial charge in [-0.05, 0) is 43.7 Å². The lowest BCUT2D eigenvalue weighted by Gasteiger charge is -2.13. The molecule has 4 unspecified atom stereocenters. The van der Waals surface area contributed by atoms with E-state index >= 15 is 0 Å². The van der Waals surface area contributed by atoms with Crippen LogP contribution in [-0.2, 0) is 16.1 Å². The van der Waals surface area contributed by atoms with E-state index in [1.165, 1.54) is 11.1 Å². The molecule has 5 nitrogen and oxygen atoms in total. The normalized spacial score (nSPS) is 26.2. The number of carbonyl (C=O) groups is 2. The molecule has 5 heteroatoms. The van der Waals surface area contributed by atoms with Crippen LogP contribution < -0.4 is 0 Å². The summed E-state index contributed by atoms with van der Waals surface area (Å²) in [5, 5.41) is 6.65. The van der Waals surface area contributed by atoms with Crippen LogP contribution >= 0.6 is 0 Å². The van der Waals surface area contributed by atoms with Gasteiger partial charge in [0.1, 0.15) is 0 Å². The molecule has 1 aromatic heterocycles. The minimum Gasteiger partial charge on any atom is -0.340 e. The van der Waals surface area contributed by atoms with Crippen molar-refractivity contribution in [2.75, 3.05) is 0 Å². The number of para-hydroxylation sites is 1. The molecule has 2 aromatic carbocycles. The van der Waals surface area contributed by atoms with Crippen molar-refractivity contribution in [3.63, 3.8) is 0 Å². The number of imide groups is 1. The van der Waals surface area contributed by atoms with Crippen molar-refractivity contribution >= 4 is 28.9 Å². The van der Waals surface area contributed by atoms with E-state index < -0.39 is 0 Å². The molecule has 0 spiro atoms. The molecule has 32 heavy (non-hydrogen) atoms. The number of rotatable bonds is 4. The molecular formula is C27H25N3O2. The second-order valence-corrected chi connectivity index (χ2v) is 9.32. The number of allylic oxidation sites excluding steroid dienone is 2. The van der Waals surface area contributed by atoms with Gasteiger partial charge in [-0.1, -0.05) is 60.2 Å². The smallest absolute Gasteiger partial charge is 0.254 e. The Bertz CT molecular complexity index is 1280. The molecule has 2 fully saturated rings. The quantitative estimate of drug-likeness (QED) is 0.354. The van der Waals surface area contributed by atoms with Gasteiger partial charge >= 0.3 is 0 Å². The molecule has 4 atom stereocenters. The standard InChI is InChI=1S/C27H25N3O2/c1-16-7-9-18(10-8-16)15-29-17(2)22(21-5-3-4-6-23(21)29)14-28-30-26(31)24-19-11-12-20(13-19)25(24)27(30)32/h3-12,14,19-20,24-25H,13,15H2,1-2H3. The Morgan fingerprint density at radius 2 is 1.59 bits per heavy atom. The number of fused-ring (bicyclic) bond motifs is 6. The molecule has 0 radical (unpaired) electrons. The number of hydrogen-bond donors (Lipinski definition) is 0. The Morgan fingerprint density at radius 3 is 2.28 bits per heavy atom. The minimum absolute atomic E-state index is 0.144. The van der Waals surface area contributed by atoms with Crippen LogP contribution in [-0.4, -0.2) is 27.6 Å². The lowest BCUT2D eigenvalue weighted by atomic mass is 9.85. The van der Waals surface area contributed by atoms with Crippen LogP contribution in [0.3, 0.4) is 0 Å². The second-order valence-electron chi connectivity index (χ2n) is 9.32. The van der Waals surface area contributed by atoms with Gasteiger partial charge in [0.25, 0.3) is 11.8 Å². The fourth-order valence-electron chi connectivity index (χ4n) is 5.82. The molecule has 1 saturated heterocycles. The largest absolute Gasteiger partial charge is 0.340 e. The van der Waals surface area contributed by atoms with Gasteiger partial charge in [-0.15, -0.1) is 0 Å². The van der Waals surface area contributed by atoms with Crippen molar-refractivity contribution in [3.05, 3.63) is 83.1 Å². The molecule has 2 aliphatic carbocycles. The fraction of sp³-hybridized carbons (Fsp3) is 0.296. The first-order valence-corrected chi connectivity index (χ1v) is 11.3. The van der Waals surface area contributed by atoms with E-state index in [0.29, 0.717) is 0 Å². The molecular weight excluding hydrogens is 398 g/mol. The molecule has 3 aliphatic rings. The number of carbonyl (C=O) groups excluding carboxylic acids is 2. The molecule has 160 valence electrons. The SMILES string of the molecule is Cc1ccc(Cn2c(C)c(C=NN3C(=O)C4C5C=CC(C5)C4C3=O)c3ccccc32)cc1. The van der Waals surface area contributed by atoms with Crippen LogP contribution in [0.2, 0.25) is 0 Å². The van der Waals surface area contributed by atoms with Gasteiger partial charge in [-0.3, -0.25) is 9.59 Å². The molecule has 1 aliphatic heterocycles. The van der Waals surface area contributed by atoms with Gasteiger partial charge in [-0.25, -0.2) is 0 Å². The number of aryl methyl sites for hydroxylation is 1. The predicted molar refractivity (Wildman–Crippen MR) is 124 cm³/mol. The number of hydrazone groups is 1. The first-order valence-electron chi connectivity index (χ1n) is 11.3. The van der Waals surface area contributed by atoms with Crippen molar-refractivity contribution in [1.82, 2.24) is 9.58 Å². The van der Waals surface area contributed by atoms with Crippen LogP contribution in [0, 0.1) is 37.5 Å². The van der Waals surface area contributed by atoms with E-state index in [1.807, 2.05) is 12.1 Å². The maximum absolute atomic E-state index is 13.0. The monoisotopic (exact) mass is 423 g/mol. The van der Waals surface area contributed by atoms with Crippen LogP contribution in [0.25, 0.3) is 10.9 Å². The molecule has 3 aromatic rings. The molecule has 6 rings (SSSR count). The molecule has 2 bridgehead atoms. The zero-order chi connectivity index (χ0) is 22.0. The van der Waals surface area contributed by atoms with Gasteiger partial charge in [0.2, 0.25) is 0 Å². The van der Waals surface area contributed by atoms with E-state index in [1.54, 1.807) is 6.21 Å². The average Bonchev–Trinajstić information content (AvgIpc) is 3.53. The van der Waals surface area contributed by atoms with Crippen molar-refractivity contribution in [3.8, 4) is 0 Å². The van der Waals surface area contributed by atoms with Gasteiger partial charge in [0.05, 0.1) is 18.1 Å². The maximum Gasteiger partial charge on any atom is 0.254 e. The highest BCUT2D eigenvalue weighted by Gasteiger charge is 2.59. The third-order valence-electron chi connectivity index (χ3n) is 7.49. The topological polar surface area (TPSA) is 54.7 Å². The first-order chi connectivity index (χ1) is 15.5. The third kappa shape index (κ3) is 2.73. The zero-order valence-corrected chi connectivity index (χ0v) is 18.2. The van der Waals surface area contributed by atoms with Crippen LogP contribution in [0.5, 0.6) is 0 Å². The Balaban J connectivity index is 1.35. The Labute approximate surface area is 187 Å². The van der Waals surface area contributed by atoms with Gasteiger partial charge in [-0.2, -0.15) is 10.1 Å². The van der Waals surface area contributed by atoms with Crippen LogP contribution in [0.1, 0.15) is 28.8 Å². The van der Waals surface area contributed by atoms with Gasteiger partial charge in [0.15, 0.2) is 0 Å². The van der Waals surface area contributed by atoms with Crippen LogP contribution in [0.15, 0.2) is 65.8 Å². The zero-order valence-electron chi connectivity index (χ0n) is 18.2. The second kappa shape index (κ2) is 7.02. The summed E-state index contributed by atoms with van der Waals surface area (Å²) in [6.07, 6.45) is 6.84. The molecule has 1 saturated carbocycles. The van der Waals surface area contributed by atoms with Crippen molar-refractivity contribution in [2.24, 2.45) is 28.8 Å². The Morgan fingerprint density at radius 1 is 0.938 bits per heavy atom. The highest BCUT2D eigenvalue weighted by atomic mass is 16.2. The van der Waals surface area contributed by atoms with E-state index in [9.17, 15) is 9.59 Å². The highest BCUT2D eigenvalue weighted by molar-refractivity contribution is 6.08. The van der Waals surface area contributed by atoms with Crippen molar-refractivity contribution < 1.29 is 9.59 Å². The summed E-state index contributed by atoms with van der Waals surface area (Å²) in [5.41, 5.74) is 5.60. The number of nitrogens with zero attached hydrogens (tertiary/aromatic N) is 3. The van der Waals surface area contributed by atoms with Crippen molar-refractivity contribution in [1.29, 1.82) is 0 Å². The maximum atomic E-state index is 13.0. The lowest BCUT2D eigenvalue weighted by molar-refractivity contribution is -0.140. The number of benzene rings is 2. The summed E-state index contributed by atoms with van der Waals surface area (Å²) in [5.74, 6) is -0.347. The van der Waals surface area contributed by atoms with E-state index in [4.69, 9.17) is 0 Å². The summed E-state index contributed by atoms with van der Waals surface area (Å²) < 4.78 is 2.27. The van der Waals surface area contributed by atoms with E-state index in [-0.39, 0.29) is 35.5 Å². The van der Waals surface area contributed by atoms with E-state index in [2.05, 4.69) is 72.1 Å². The molecule has 0 N–H and O–H groups in total. The Hall–Kier alpha value is -3.47. The summed E-state index contributed by atoms with van der Waals surface area (Å²) in [6.45, 7) is 4.91. The molecule has 2 heterocycles. The summed E-state index contributed by atoms with van der Waals surface area (Å²) in [4.78, 5) is 26.0. The fourth-order valence-corrected chi connectivity index (χ4v) is 5.82. The van der Waals surface area contributed by atoms with Crippen molar-refractivity contribution in [2.45, 2.75) is 26.8 Å². The Kier molecular flexibility index (Phi) is 4.22. The number of amides is 2. The van der Waals surface area contributed by atoms with Crippen LogP contribution in [0.4, 0.5) is 0 Å². The van der Waals surface area contributed by atoms with Gasteiger partial charge in [0, 0.05) is 28.7 Å². The molecule has 2 amide bonds. The van der Waals surface area contributed by atoms with E-state index in [0.717, 1.165) is 40.1 Å². The summed E-state index contributed by atoms with van der Waals surface area (Å²) >= 11 is 0. The highest BCUT2D eigenvalue weighted by Crippen LogP contribution is 2.52. The third-order valence-corrected chi connectivity index (χ3v) is 7.49. The lowest BCUT2D eigenvalue weighted by Crippen LogP contribution is -2.28. The summed E-state index contributed by atoms with van der Waals surface area (Å²) in [7, 11) is 0. The number of aromatic nitrogens is 1. The number of hydrogen-bond acceptors (Lipinski definition) is 3. The van der Waals surface area contributed by atoms with Gasteiger partial charge < -0.3 is 4.57 Å².